The zero-order valence-electron chi connectivity index (χ0n) is 36.5. The maximum Gasteiger partial charge on any atom is 0.0541 e. The zero-order chi connectivity index (χ0) is 42.5. The molecule has 0 radical (unpaired) electrons. The van der Waals surface area contributed by atoms with Gasteiger partial charge in [0.05, 0.1) is 11.0 Å². The van der Waals surface area contributed by atoms with Crippen LogP contribution in [0.25, 0.3) is 60.9 Å². The SMILES string of the molecule is CC1(C)c2ccccc2-c2cc(CC(c3ccccc3)c3ccc(-c4cccc(-c5ccc6c(c5)c5ccccc5n6C5=CC6c7ccccc7C(C)(C)C6C=C5)c4)cc3)ccc21. The van der Waals surface area contributed by atoms with Crippen LogP contribution in [0.3, 0.4) is 0 Å². The molecular weight excluding hydrogens is 759 g/mol. The van der Waals surface area contributed by atoms with E-state index in [1.54, 1.807) is 0 Å². The van der Waals surface area contributed by atoms with Crippen molar-refractivity contribution < 1.29 is 0 Å². The van der Waals surface area contributed by atoms with Gasteiger partial charge >= 0.3 is 0 Å². The molecule has 0 saturated heterocycles. The highest BCUT2D eigenvalue weighted by Gasteiger charge is 2.45. The molecule has 3 aliphatic carbocycles. The second-order valence-electron chi connectivity index (χ2n) is 19.3. The second-order valence-corrected chi connectivity index (χ2v) is 19.3. The van der Waals surface area contributed by atoms with Crippen LogP contribution in [-0.4, -0.2) is 4.57 Å². The molecule has 304 valence electrons. The molecule has 0 bridgehead atoms. The number of allylic oxidation sites excluding steroid dienone is 4. The first-order valence-electron chi connectivity index (χ1n) is 22.8. The Morgan fingerprint density at radius 2 is 1.14 bits per heavy atom. The molecule has 1 aromatic heterocycles. The van der Waals surface area contributed by atoms with Crippen molar-refractivity contribution in [1.29, 1.82) is 0 Å². The largest absolute Gasteiger partial charge is 0.310 e. The van der Waals surface area contributed by atoms with Crippen LogP contribution in [0.4, 0.5) is 0 Å². The van der Waals surface area contributed by atoms with Gasteiger partial charge in [-0.2, -0.15) is 0 Å². The number of hydrogen-bond donors (Lipinski definition) is 0. The molecule has 0 saturated carbocycles. The number of aromatic nitrogens is 1. The molecule has 1 heterocycles. The van der Waals surface area contributed by atoms with E-state index < -0.39 is 0 Å². The van der Waals surface area contributed by atoms with Crippen LogP contribution in [-0.2, 0) is 17.3 Å². The fourth-order valence-corrected chi connectivity index (χ4v) is 11.8. The number of rotatable bonds is 7. The highest BCUT2D eigenvalue weighted by atomic mass is 15.0. The molecule has 1 nitrogen and oxygen atoms in total. The minimum absolute atomic E-state index is 0.0137. The van der Waals surface area contributed by atoms with Gasteiger partial charge in [0.2, 0.25) is 0 Å². The molecule has 0 N–H and O–H groups in total. The average molecular weight is 810 g/mol. The maximum atomic E-state index is 2.53. The fourth-order valence-electron chi connectivity index (χ4n) is 11.8. The predicted octanol–water partition coefficient (Wildman–Crippen LogP) is 15.9. The Balaban J connectivity index is 0.863. The lowest BCUT2D eigenvalue weighted by atomic mass is 9.74. The normalized spacial score (nSPS) is 18.1. The van der Waals surface area contributed by atoms with Crippen LogP contribution in [0.5, 0.6) is 0 Å². The van der Waals surface area contributed by atoms with E-state index in [0.717, 1.165) is 6.42 Å². The highest BCUT2D eigenvalue weighted by molar-refractivity contribution is 6.11. The van der Waals surface area contributed by atoms with Gasteiger partial charge in [0, 0.05) is 33.7 Å². The van der Waals surface area contributed by atoms with Crippen molar-refractivity contribution in [3.63, 3.8) is 0 Å². The highest BCUT2D eigenvalue weighted by Crippen LogP contribution is 2.54. The lowest BCUT2D eigenvalue weighted by molar-refractivity contribution is 0.394. The van der Waals surface area contributed by atoms with Crippen molar-refractivity contribution in [2.45, 2.75) is 56.8 Å². The van der Waals surface area contributed by atoms with Gasteiger partial charge in [0.25, 0.3) is 0 Å². The molecule has 12 rings (SSSR count). The van der Waals surface area contributed by atoms with E-state index in [-0.39, 0.29) is 16.7 Å². The molecular formula is C62H51N. The van der Waals surface area contributed by atoms with Crippen LogP contribution in [0.1, 0.15) is 78.5 Å². The number of benzene rings is 8. The van der Waals surface area contributed by atoms with E-state index in [2.05, 4.69) is 239 Å². The Morgan fingerprint density at radius 1 is 0.492 bits per heavy atom. The molecule has 0 fully saturated rings. The van der Waals surface area contributed by atoms with Crippen molar-refractivity contribution in [3.05, 3.63) is 245 Å². The first-order chi connectivity index (χ1) is 30.7. The van der Waals surface area contributed by atoms with Gasteiger partial charge in [-0.05, 0) is 120 Å². The molecule has 63 heavy (non-hydrogen) atoms. The smallest absolute Gasteiger partial charge is 0.0541 e. The van der Waals surface area contributed by atoms with Crippen molar-refractivity contribution in [3.8, 4) is 33.4 Å². The molecule has 3 atom stereocenters. The van der Waals surface area contributed by atoms with E-state index in [9.17, 15) is 0 Å². The summed E-state index contributed by atoms with van der Waals surface area (Å²) in [6.45, 7) is 9.53. The van der Waals surface area contributed by atoms with Crippen LogP contribution in [0.2, 0.25) is 0 Å². The van der Waals surface area contributed by atoms with E-state index >= 15 is 0 Å². The Labute approximate surface area is 371 Å². The fraction of sp³-hybridized carbons (Fsp3) is 0.161. The first kappa shape index (κ1) is 37.8. The topological polar surface area (TPSA) is 4.93 Å². The van der Waals surface area contributed by atoms with E-state index in [1.165, 1.54) is 99.8 Å². The van der Waals surface area contributed by atoms with E-state index in [4.69, 9.17) is 0 Å². The van der Waals surface area contributed by atoms with Crippen molar-refractivity contribution in [2.75, 3.05) is 0 Å². The van der Waals surface area contributed by atoms with Crippen LogP contribution >= 0.6 is 0 Å². The summed E-state index contributed by atoms with van der Waals surface area (Å²) in [5.41, 5.74) is 21.4. The van der Waals surface area contributed by atoms with E-state index in [0.29, 0.717) is 11.8 Å². The molecule has 3 aliphatic rings. The van der Waals surface area contributed by atoms with Crippen molar-refractivity contribution in [1.82, 2.24) is 4.57 Å². The third-order valence-electron chi connectivity index (χ3n) is 15.1. The summed E-state index contributed by atoms with van der Waals surface area (Å²) in [6.07, 6.45) is 8.32. The summed E-state index contributed by atoms with van der Waals surface area (Å²) in [5.74, 6) is 1.06. The number of nitrogens with zero attached hydrogens (tertiary/aromatic N) is 1. The van der Waals surface area contributed by atoms with Gasteiger partial charge in [0.1, 0.15) is 0 Å². The predicted molar refractivity (Wildman–Crippen MR) is 265 cm³/mol. The van der Waals surface area contributed by atoms with Gasteiger partial charge in [-0.15, -0.1) is 0 Å². The molecule has 3 unspecified atom stereocenters. The zero-order valence-corrected chi connectivity index (χ0v) is 36.5. The Hall–Kier alpha value is -6.96. The molecule has 0 spiro atoms. The molecule has 8 aromatic carbocycles. The van der Waals surface area contributed by atoms with Gasteiger partial charge in [-0.3, -0.25) is 0 Å². The minimum atomic E-state index is 0.0137. The first-order valence-corrected chi connectivity index (χ1v) is 22.8. The average Bonchev–Trinajstić information content (AvgIpc) is 3.87. The Bertz CT molecular complexity index is 3310. The molecule has 9 aromatic rings. The second kappa shape index (κ2) is 14.3. The molecule has 0 aliphatic heterocycles. The van der Waals surface area contributed by atoms with Gasteiger partial charge in [-0.1, -0.05) is 204 Å². The number of fused-ring (bicyclic) bond motifs is 9. The third-order valence-corrected chi connectivity index (χ3v) is 15.1. The standard InChI is InChI=1S/C62H51N/c1-61(2)55-22-11-8-19-48(55)52-36-40(25-32-57(52)61)35-51(42-15-6-5-7-16-42)43-28-26-41(27-29-43)44-17-14-18-45(37-44)46-30-34-60-54(38-46)50-21-10-13-24-59(50)63(60)47-31-33-58-53(39-47)49-20-9-12-23-56(49)62(58,3)4/h5-34,36-39,51,53,58H,35H2,1-4H3. The van der Waals surface area contributed by atoms with Gasteiger partial charge in [0.15, 0.2) is 0 Å². The summed E-state index contributed by atoms with van der Waals surface area (Å²) in [6, 6.07) is 70.7. The summed E-state index contributed by atoms with van der Waals surface area (Å²) in [5, 5.41) is 2.57. The summed E-state index contributed by atoms with van der Waals surface area (Å²) in [4.78, 5) is 0. The molecule has 0 amide bonds. The van der Waals surface area contributed by atoms with E-state index in [1.807, 2.05) is 0 Å². The number of hydrogen-bond acceptors (Lipinski definition) is 0. The Kier molecular flexibility index (Phi) is 8.57. The summed E-state index contributed by atoms with van der Waals surface area (Å²) < 4.78 is 2.49. The monoisotopic (exact) mass is 809 g/mol. The maximum absolute atomic E-state index is 2.53. The van der Waals surface area contributed by atoms with Crippen LogP contribution < -0.4 is 0 Å². The quantitative estimate of drug-likeness (QED) is 0.151. The Morgan fingerprint density at radius 3 is 1.98 bits per heavy atom. The third kappa shape index (κ3) is 5.97. The molecule has 1 heteroatoms. The van der Waals surface area contributed by atoms with Crippen molar-refractivity contribution in [2.24, 2.45) is 5.92 Å². The lowest BCUT2D eigenvalue weighted by Gasteiger charge is -2.30. The lowest BCUT2D eigenvalue weighted by Crippen LogP contribution is -2.25. The van der Waals surface area contributed by atoms with Crippen LogP contribution in [0, 0.1) is 5.92 Å². The summed E-state index contributed by atoms with van der Waals surface area (Å²) >= 11 is 0. The van der Waals surface area contributed by atoms with Crippen molar-refractivity contribution >= 4 is 27.5 Å². The number of para-hydroxylation sites is 1. The minimum Gasteiger partial charge on any atom is -0.310 e. The van der Waals surface area contributed by atoms with Crippen LogP contribution in [0.15, 0.2) is 206 Å². The van der Waals surface area contributed by atoms with Gasteiger partial charge < -0.3 is 4.57 Å². The van der Waals surface area contributed by atoms with Gasteiger partial charge in [-0.25, -0.2) is 0 Å². The summed E-state index contributed by atoms with van der Waals surface area (Å²) in [7, 11) is 0.